The highest BCUT2D eigenvalue weighted by Gasteiger charge is 2.33. The number of phenolic OH excluding ortho intramolecular Hbond substituents is 1. The van der Waals surface area contributed by atoms with Crippen LogP contribution < -0.4 is 5.32 Å². The largest absolute Gasteiger partial charge is 0.506 e. The van der Waals surface area contributed by atoms with Gasteiger partial charge in [-0.3, -0.25) is 4.90 Å². The number of benzene rings is 1. The Hall–Kier alpha value is -0.330. The maximum atomic E-state index is 10.6. The SMILES string of the molecule is Oc1c(Br)cc(Cl)cc1[C@H](C1CCOCC1)N1CCNCC1. The number of hydrogen-bond acceptors (Lipinski definition) is 4. The maximum absolute atomic E-state index is 10.6. The third kappa shape index (κ3) is 3.60. The van der Waals surface area contributed by atoms with Gasteiger partial charge in [0.2, 0.25) is 0 Å². The second-order valence-corrected chi connectivity index (χ2v) is 7.30. The topological polar surface area (TPSA) is 44.7 Å². The molecule has 1 aromatic rings. The van der Waals surface area contributed by atoms with Crippen molar-refractivity contribution in [3.63, 3.8) is 0 Å². The summed E-state index contributed by atoms with van der Waals surface area (Å²) in [5, 5.41) is 14.6. The molecule has 0 amide bonds. The Morgan fingerprint density at radius 1 is 1.27 bits per heavy atom. The molecule has 0 radical (unpaired) electrons. The van der Waals surface area contributed by atoms with Crippen molar-refractivity contribution >= 4 is 27.5 Å². The molecule has 2 saturated heterocycles. The molecule has 1 atom stereocenters. The van der Waals surface area contributed by atoms with E-state index in [-0.39, 0.29) is 6.04 Å². The van der Waals surface area contributed by atoms with Gasteiger partial charge in [0, 0.05) is 56.0 Å². The predicted molar refractivity (Wildman–Crippen MR) is 91.5 cm³/mol. The van der Waals surface area contributed by atoms with Crippen LogP contribution in [0.2, 0.25) is 5.02 Å². The second kappa shape index (κ2) is 7.49. The molecule has 0 aliphatic carbocycles. The van der Waals surface area contributed by atoms with Crippen LogP contribution in [0.4, 0.5) is 0 Å². The highest BCUT2D eigenvalue weighted by molar-refractivity contribution is 9.10. The van der Waals surface area contributed by atoms with Gasteiger partial charge in [-0.1, -0.05) is 11.6 Å². The van der Waals surface area contributed by atoms with Gasteiger partial charge >= 0.3 is 0 Å². The minimum Gasteiger partial charge on any atom is -0.506 e. The Morgan fingerprint density at radius 2 is 1.95 bits per heavy atom. The Morgan fingerprint density at radius 3 is 2.64 bits per heavy atom. The van der Waals surface area contributed by atoms with Crippen LogP contribution in [0.1, 0.15) is 24.4 Å². The molecule has 0 saturated carbocycles. The predicted octanol–water partition coefficient (Wildman–Crippen LogP) is 3.18. The van der Waals surface area contributed by atoms with E-state index in [1.807, 2.05) is 6.07 Å². The van der Waals surface area contributed by atoms with Crippen molar-refractivity contribution in [2.24, 2.45) is 5.92 Å². The Labute approximate surface area is 144 Å². The lowest BCUT2D eigenvalue weighted by Gasteiger charge is -2.41. The molecule has 0 aromatic heterocycles. The summed E-state index contributed by atoms with van der Waals surface area (Å²) in [6, 6.07) is 3.87. The van der Waals surface area contributed by atoms with Gasteiger partial charge in [-0.15, -0.1) is 0 Å². The van der Waals surface area contributed by atoms with Crippen molar-refractivity contribution in [3.05, 3.63) is 27.2 Å². The summed E-state index contributed by atoms with van der Waals surface area (Å²) in [5.41, 5.74) is 0.938. The van der Waals surface area contributed by atoms with Crippen molar-refractivity contribution in [2.75, 3.05) is 39.4 Å². The molecule has 2 fully saturated rings. The molecule has 22 heavy (non-hydrogen) atoms. The van der Waals surface area contributed by atoms with E-state index in [9.17, 15) is 5.11 Å². The van der Waals surface area contributed by atoms with Crippen molar-refractivity contribution in [1.29, 1.82) is 0 Å². The number of nitrogens with zero attached hydrogens (tertiary/aromatic N) is 1. The van der Waals surface area contributed by atoms with E-state index >= 15 is 0 Å². The molecule has 2 aliphatic rings. The van der Waals surface area contributed by atoms with Crippen LogP contribution in [-0.4, -0.2) is 49.4 Å². The third-order valence-electron chi connectivity index (χ3n) is 4.63. The first-order chi connectivity index (χ1) is 10.7. The summed E-state index contributed by atoms with van der Waals surface area (Å²) >= 11 is 9.67. The Bertz CT molecular complexity index is 499. The average Bonchev–Trinajstić information content (AvgIpc) is 2.54. The number of hydrogen-bond donors (Lipinski definition) is 2. The highest BCUT2D eigenvalue weighted by Crippen LogP contribution is 2.43. The average molecular weight is 390 g/mol. The first kappa shape index (κ1) is 16.5. The zero-order valence-electron chi connectivity index (χ0n) is 12.5. The molecule has 0 unspecified atom stereocenters. The van der Waals surface area contributed by atoms with Gasteiger partial charge in [-0.2, -0.15) is 0 Å². The summed E-state index contributed by atoms with van der Waals surface area (Å²) in [6.07, 6.45) is 2.05. The first-order valence-electron chi connectivity index (χ1n) is 7.87. The monoisotopic (exact) mass is 388 g/mol. The number of piperazine rings is 1. The van der Waals surface area contributed by atoms with Crippen molar-refractivity contribution in [1.82, 2.24) is 10.2 Å². The molecule has 0 bridgehead atoms. The zero-order valence-corrected chi connectivity index (χ0v) is 14.9. The number of phenols is 1. The van der Waals surface area contributed by atoms with Crippen LogP contribution in [0, 0.1) is 5.92 Å². The van der Waals surface area contributed by atoms with E-state index in [2.05, 4.69) is 26.1 Å². The molecule has 2 heterocycles. The van der Waals surface area contributed by atoms with Crippen molar-refractivity contribution in [3.8, 4) is 5.75 Å². The van der Waals surface area contributed by atoms with E-state index < -0.39 is 0 Å². The first-order valence-corrected chi connectivity index (χ1v) is 9.04. The van der Waals surface area contributed by atoms with Crippen LogP contribution in [0.5, 0.6) is 5.75 Å². The normalized spacial score (nSPS) is 22.6. The fraction of sp³-hybridized carbons (Fsp3) is 0.625. The van der Waals surface area contributed by atoms with E-state index in [1.165, 1.54) is 0 Å². The summed E-state index contributed by atoms with van der Waals surface area (Å²) in [5.74, 6) is 0.808. The minimum absolute atomic E-state index is 0.195. The van der Waals surface area contributed by atoms with Gasteiger partial charge in [-0.05, 0) is 46.8 Å². The molecule has 0 spiro atoms. The van der Waals surface area contributed by atoms with Gasteiger partial charge in [0.1, 0.15) is 5.75 Å². The zero-order chi connectivity index (χ0) is 15.5. The summed E-state index contributed by atoms with van der Waals surface area (Å²) in [6.45, 7) is 5.56. The molecule has 6 heteroatoms. The number of aromatic hydroxyl groups is 1. The summed E-state index contributed by atoms with van der Waals surface area (Å²) < 4.78 is 6.19. The molecule has 1 aromatic carbocycles. The third-order valence-corrected chi connectivity index (χ3v) is 5.46. The lowest BCUT2D eigenvalue weighted by molar-refractivity contribution is 0.0206. The van der Waals surface area contributed by atoms with Gasteiger partial charge in [0.25, 0.3) is 0 Å². The standard InChI is InChI=1S/C16H22BrClN2O2/c17-14-10-12(18)9-13(16(14)21)15(11-1-7-22-8-2-11)20-5-3-19-4-6-20/h9-11,15,19,21H,1-8H2/t15-/m0/s1. The molecule has 122 valence electrons. The Balaban J connectivity index is 1.96. The fourth-order valence-corrected chi connectivity index (χ4v) is 4.39. The maximum Gasteiger partial charge on any atom is 0.134 e. The van der Waals surface area contributed by atoms with Gasteiger partial charge in [0.05, 0.1) is 4.47 Å². The van der Waals surface area contributed by atoms with E-state index in [1.54, 1.807) is 6.07 Å². The number of rotatable bonds is 3. The molecule has 3 rings (SSSR count). The van der Waals surface area contributed by atoms with Crippen molar-refractivity contribution < 1.29 is 9.84 Å². The van der Waals surface area contributed by atoms with Crippen LogP contribution in [-0.2, 0) is 4.74 Å². The van der Waals surface area contributed by atoms with Crippen molar-refractivity contribution in [2.45, 2.75) is 18.9 Å². The molecular formula is C16H22BrClN2O2. The van der Waals surface area contributed by atoms with E-state index in [4.69, 9.17) is 16.3 Å². The fourth-order valence-electron chi connectivity index (χ4n) is 3.55. The lowest BCUT2D eigenvalue weighted by Crippen LogP contribution is -2.47. The number of nitrogens with one attached hydrogen (secondary N) is 1. The van der Waals surface area contributed by atoms with Gasteiger partial charge < -0.3 is 15.2 Å². The summed E-state index contributed by atoms with van der Waals surface area (Å²) in [4.78, 5) is 2.48. The van der Waals surface area contributed by atoms with Gasteiger partial charge in [0.15, 0.2) is 0 Å². The van der Waals surface area contributed by atoms with Crippen LogP contribution in [0.15, 0.2) is 16.6 Å². The lowest BCUT2D eigenvalue weighted by atomic mass is 9.85. The van der Waals surface area contributed by atoms with Crippen LogP contribution in [0.3, 0.4) is 0 Å². The highest BCUT2D eigenvalue weighted by atomic mass is 79.9. The number of halogens is 2. The van der Waals surface area contributed by atoms with E-state index in [0.717, 1.165) is 57.8 Å². The second-order valence-electron chi connectivity index (χ2n) is 6.01. The molecule has 2 aliphatic heterocycles. The molecular weight excluding hydrogens is 368 g/mol. The summed E-state index contributed by atoms with van der Waals surface area (Å²) in [7, 11) is 0. The van der Waals surface area contributed by atoms with Crippen LogP contribution >= 0.6 is 27.5 Å². The van der Waals surface area contributed by atoms with Gasteiger partial charge in [-0.25, -0.2) is 0 Å². The quantitative estimate of drug-likeness (QED) is 0.833. The number of ether oxygens (including phenoxy) is 1. The van der Waals surface area contributed by atoms with Crippen LogP contribution in [0.25, 0.3) is 0 Å². The molecule has 4 nitrogen and oxygen atoms in total. The minimum atomic E-state index is 0.195. The Kier molecular flexibility index (Phi) is 5.63. The van der Waals surface area contributed by atoms with E-state index in [0.29, 0.717) is 21.2 Å². The smallest absolute Gasteiger partial charge is 0.134 e. The molecule has 2 N–H and O–H groups in total.